The summed E-state index contributed by atoms with van der Waals surface area (Å²) in [7, 11) is 1.83. The number of nitrogens with zero attached hydrogens (tertiary/aromatic N) is 2. The molecule has 2 aromatic heterocycles. The molecule has 0 bridgehead atoms. The van der Waals surface area contributed by atoms with Gasteiger partial charge in [-0.2, -0.15) is 4.98 Å². The van der Waals surface area contributed by atoms with Gasteiger partial charge in [-0.05, 0) is 24.8 Å². The third kappa shape index (κ3) is 3.44. The highest BCUT2D eigenvalue weighted by Gasteiger charge is 2.14. The van der Waals surface area contributed by atoms with Gasteiger partial charge in [0.15, 0.2) is 0 Å². The number of anilines is 2. The fourth-order valence-corrected chi connectivity index (χ4v) is 2.75. The van der Waals surface area contributed by atoms with Gasteiger partial charge in [0.05, 0.1) is 6.04 Å². The van der Waals surface area contributed by atoms with E-state index >= 15 is 0 Å². The Labute approximate surface area is 118 Å². The molecule has 1 unspecified atom stereocenters. The minimum atomic E-state index is 0.323. The molecule has 2 rings (SSSR count). The molecule has 4 nitrogen and oxygen atoms in total. The van der Waals surface area contributed by atoms with Crippen molar-refractivity contribution in [3.8, 4) is 0 Å². The SMILES string of the molecule is CCCC(Nc1nc(NC)ncc1C)c1cccs1. The smallest absolute Gasteiger partial charge is 0.224 e. The van der Waals surface area contributed by atoms with E-state index in [1.807, 2.05) is 20.2 Å². The Morgan fingerprint density at radius 3 is 2.89 bits per heavy atom. The summed E-state index contributed by atoms with van der Waals surface area (Å²) in [6.45, 7) is 4.23. The maximum Gasteiger partial charge on any atom is 0.224 e. The molecular formula is C14H20N4S. The van der Waals surface area contributed by atoms with Crippen LogP contribution in [0.5, 0.6) is 0 Å². The van der Waals surface area contributed by atoms with Crippen LogP contribution in [-0.4, -0.2) is 17.0 Å². The Morgan fingerprint density at radius 1 is 1.42 bits per heavy atom. The molecule has 0 aliphatic heterocycles. The van der Waals surface area contributed by atoms with Crippen LogP contribution in [0.25, 0.3) is 0 Å². The molecule has 0 saturated heterocycles. The number of rotatable bonds is 6. The first-order chi connectivity index (χ1) is 9.24. The van der Waals surface area contributed by atoms with E-state index < -0.39 is 0 Å². The Balaban J connectivity index is 2.21. The number of thiophene rings is 1. The van der Waals surface area contributed by atoms with E-state index in [1.54, 1.807) is 11.3 Å². The van der Waals surface area contributed by atoms with Crippen molar-refractivity contribution in [1.29, 1.82) is 0 Å². The summed E-state index contributed by atoms with van der Waals surface area (Å²) >= 11 is 1.78. The fourth-order valence-electron chi connectivity index (χ4n) is 1.94. The number of nitrogens with one attached hydrogen (secondary N) is 2. The van der Waals surface area contributed by atoms with E-state index in [0.29, 0.717) is 12.0 Å². The molecule has 0 fully saturated rings. The van der Waals surface area contributed by atoms with Crippen molar-refractivity contribution in [1.82, 2.24) is 9.97 Å². The fraction of sp³-hybridized carbons (Fsp3) is 0.429. The second kappa shape index (κ2) is 6.52. The number of hydrogen-bond acceptors (Lipinski definition) is 5. The molecule has 1 atom stereocenters. The van der Waals surface area contributed by atoms with Gasteiger partial charge in [-0.1, -0.05) is 19.4 Å². The predicted octanol–water partition coefficient (Wildman–Crippen LogP) is 3.84. The molecule has 0 amide bonds. The summed E-state index contributed by atoms with van der Waals surface area (Å²) in [5, 5.41) is 8.64. The summed E-state index contributed by atoms with van der Waals surface area (Å²) in [5.41, 5.74) is 1.07. The standard InChI is InChI=1S/C14H20N4S/c1-4-6-11(12-7-5-8-19-12)17-13-10(2)9-16-14(15-3)18-13/h5,7-9,11H,4,6H2,1-3H3,(H2,15,16,17,18). The molecule has 0 radical (unpaired) electrons. The second-order valence-electron chi connectivity index (χ2n) is 4.48. The van der Waals surface area contributed by atoms with Gasteiger partial charge in [0.2, 0.25) is 5.95 Å². The van der Waals surface area contributed by atoms with Crippen LogP contribution in [0.4, 0.5) is 11.8 Å². The van der Waals surface area contributed by atoms with Crippen LogP contribution in [0, 0.1) is 6.92 Å². The predicted molar refractivity (Wildman–Crippen MR) is 81.9 cm³/mol. The molecule has 2 heterocycles. The van der Waals surface area contributed by atoms with Crippen LogP contribution in [0.15, 0.2) is 23.7 Å². The summed E-state index contributed by atoms with van der Waals surface area (Å²) in [4.78, 5) is 10.1. The molecule has 2 aromatic rings. The van der Waals surface area contributed by atoms with Crippen LogP contribution in [0.1, 0.15) is 36.2 Å². The van der Waals surface area contributed by atoms with Gasteiger partial charge < -0.3 is 10.6 Å². The molecule has 0 aliphatic rings. The maximum atomic E-state index is 4.49. The van der Waals surface area contributed by atoms with Gasteiger partial charge in [0, 0.05) is 23.7 Å². The van der Waals surface area contributed by atoms with Crippen LogP contribution in [0.2, 0.25) is 0 Å². The molecular weight excluding hydrogens is 256 g/mol. The van der Waals surface area contributed by atoms with Crippen LogP contribution in [0.3, 0.4) is 0 Å². The quantitative estimate of drug-likeness (QED) is 0.841. The normalized spacial score (nSPS) is 12.2. The van der Waals surface area contributed by atoms with Crippen molar-refractivity contribution in [2.24, 2.45) is 0 Å². The van der Waals surface area contributed by atoms with Gasteiger partial charge >= 0.3 is 0 Å². The lowest BCUT2D eigenvalue weighted by atomic mass is 10.1. The first-order valence-corrected chi connectivity index (χ1v) is 7.44. The van der Waals surface area contributed by atoms with Gasteiger partial charge in [-0.25, -0.2) is 4.98 Å². The zero-order valence-electron chi connectivity index (χ0n) is 11.6. The minimum absolute atomic E-state index is 0.323. The third-order valence-corrected chi connectivity index (χ3v) is 3.96. The van der Waals surface area contributed by atoms with Crippen molar-refractivity contribution >= 4 is 23.1 Å². The van der Waals surface area contributed by atoms with Crippen molar-refractivity contribution in [2.45, 2.75) is 32.7 Å². The highest BCUT2D eigenvalue weighted by Crippen LogP contribution is 2.28. The average Bonchev–Trinajstić information content (AvgIpc) is 2.94. The zero-order valence-corrected chi connectivity index (χ0v) is 12.4. The van der Waals surface area contributed by atoms with Crippen LogP contribution >= 0.6 is 11.3 Å². The monoisotopic (exact) mass is 276 g/mol. The first kappa shape index (κ1) is 13.8. The van der Waals surface area contributed by atoms with Gasteiger partial charge in [-0.3, -0.25) is 0 Å². The zero-order chi connectivity index (χ0) is 13.7. The number of aryl methyl sites for hydroxylation is 1. The summed E-state index contributed by atoms with van der Waals surface area (Å²) in [6.07, 6.45) is 4.08. The Morgan fingerprint density at radius 2 is 2.26 bits per heavy atom. The number of hydrogen-bond donors (Lipinski definition) is 2. The second-order valence-corrected chi connectivity index (χ2v) is 5.46. The van der Waals surface area contributed by atoms with Gasteiger partial charge in [-0.15, -0.1) is 11.3 Å². The van der Waals surface area contributed by atoms with Crippen molar-refractivity contribution < 1.29 is 0 Å². The van der Waals surface area contributed by atoms with Crippen molar-refractivity contribution in [3.05, 3.63) is 34.2 Å². The van der Waals surface area contributed by atoms with E-state index in [4.69, 9.17) is 0 Å². The lowest BCUT2D eigenvalue weighted by molar-refractivity contribution is 0.683. The molecule has 5 heteroatoms. The maximum absolute atomic E-state index is 4.49. The molecule has 0 spiro atoms. The molecule has 0 saturated carbocycles. The Hall–Kier alpha value is -1.62. The highest BCUT2D eigenvalue weighted by molar-refractivity contribution is 7.10. The van der Waals surface area contributed by atoms with Gasteiger partial charge in [0.25, 0.3) is 0 Å². The van der Waals surface area contributed by atoms with Crippen LogP contribution in [-0.2, 0) is 0 Å². The first-order valence-electron chi connectivity index (χ1n) is 6.56. The molecule has 0 aliphatic carbocycles. The highest BCUT2D eigenvalue weighted by atomic mass is 32.1. The summed E-state index contributed by atoms with van der Waals surface area (Å²) in [5.74, 6) is 1.56. The Kier molecular flexibility index (Phi) is 4.74. The molecule has 19 heavy (non-hydrogen) atoms. The molecule has 102 valence electrons. The average molecular weight is 276 g/mol. The van der Waals surface area contributed by atoms with E-state index in [9.17, 15) is 0 Å². The lowest BCUT2D eigenvalue weighted by Gasteiger charge is -2.19. The van der Waals surface area contributed by atoms with Gasteiger partial charge in [0.1, 0.15) is 5.82 Å². The topological polar surface area (TPSA) is 49.8 Å². The van der Waals surface area contributed by atoms with E-state index in [0.717, 1.165) is 24.2 Å². The number of aromatic nitrogens is 2. The van der Waals surface area contributed by atoms with Crippen molar-refractivity contribution in [2.75, 3.05) is 17.7 Å². The van der Waals surface area contributed by atoms with E-state index in [2.05, 4.69) is 45.0 Å². The lowest BCUT2D eigenvalue weighted by Crippen LogP contribution is -2.12. The van der Waals surface area contributed by atoms with E-state index in [-0.39, 0.29) is 0 Å². The van der Waals surface area contributed by atoms with Crippen LogP contribution < -0.4 is 10.6 Å². The summed E-state index contributed by atoms with van der Waals surface area (Å²) < 4.78 is 0. The van der Waals surface area contributed by atoms with Crippen molar-refractivity contribution in [3.63, 3.8) is 0 Å². The third-order valence-electron chi connectivity index (χ3n) is 2.97. The molecule has 0 aromatic carbocycles. The molecule has 2 N–H and O–H groups in total. The van der Waals surface area contributed by atoms with E-state index in [1.165, 1.54) is 4.88 Å². The summed E-state index contributed by atoms with van der Waals surface area (Å²) in [6, 6.07) is 4.59. The largest absolute Gasteiger partial charge is 0.362 e. The minimum Gasteiger partial charge on any atom is -0.362 e. The Bertz CT molecular complexity index is 510.